The number of hydrogen-bond acceptors (Lipinski definition) is 2. The van der Waals surface area contributed by atoms with Crippen LogP contribution in [0.3, 0.4) is 0 Å². The molecule has 6 heteroatoms. The third kappa shape index (κ3) is 1.54. The first-order valence-electron chi connectivity index (χ1n) is 5.10. The van der Waals surface area contributed by atoms with E-state index in [2.05, 4.69) is 10.3 Å². The molecule has 0 aliphatic carbocycles. The van der Waals surface area contributed by atoms with Crippen LogP contribution in [0.25, 0.3) is 16.5 Å². The molecule has 0 bridgehead atoms. The minimum absolute atomic E-state index is 0.0872. The molecule has 2 amide bonds. The van der Waals surface area contributed by atoms with Gasteiger partial charge in [-0.25, -0.2) is 0 Å². The molecule has 2 heterocycles. The van der Waals surface area contributed by atoms with E-state index >= 15 is 0 Å². The Hall–Kier alpha value is -1.78. The Morgan fingerprint density at radius 3 is 2.50 bits per heavy atom. The monoisotopic (exact) mass is 280 g/mol. The third-order valence-electron chi connectivity index (χ3n) is 2.79. The van der Waals surface area contributed by atoms with Crippen molar-refractivity contribution in [3.05, 3.63) is 40.0 Å². The first-order valence-corrected chi connectivity index (χ1v) is 5.86. The molecule has 2 N–H and O–H groups in total. The van der Waals surface area contributed by atoms with Gasteiger partial charge in [-0.05, 0) is 12.1 Å². The Balaban J connectivity index is 2.28. The molecule has 0 atom stereocenters. The molecule has 0 unspecified atom stereocenters. The molecule has 2 aromatic rings. The van der Waals surface area contributed by atoms with Gasteiger partial charge in [0.2, 0.25) is 0 Å². The molecule has 0 radical (unpaired) electrons. The number of carbonyl (C=O) groups is 2. The minimum atomic E-state index is -0.569. The molecular weight excluding hydrogens is 275 g/mol. The van der Waals surface area contributed by atoms with E-state index in [9.17, 15) is 9.59 Å². The quantitative estimate of drug-likeness (QED) is 0.788. The number of rotatable bonds is 1. The number of hydrogen-bond donors (Lipinski definition) is 2. The fourth-order valence-electron chi connectivity index (χ4n) is 1.98. The van der Waals surface area contributed by atoms with Gasteiger partial charge in [0.1, 0.15) is 5.03 Å². The van der Waals surface area contributed by atoms with Crippen molar-refractivity contribution < 1.29 is 9.59 Å². The molecule has 4 nitrogen and oxygen atoms in total. The first-order chi connectivity index (χ1) is 8.58. The van der Waals surface area contributed by atoms with Crippen molar-refractivity contribution in [3.63, 3.8) is 0 Å². The predicted molar refractivity (Wildman–Crippen MR) is 69.2 cm³/mol. The largest absolute Gasteiger partial charge is 0.360 e. The lowest BCUT2D eigenvalue weighted by molar-refractivity contribution is -0.123. The van der Waals surface area contributed by atoms with E-state index in [1.54, 1.807) is 24.4 Å². The van der Waals surface area contributed by atoms with Crippen molar-refractivity contribution in [1.82, 2.24) is 10.3 Å². The molecule has 0 saturated heterocycles. The summed E-state index contributed by atoms with van der Waals surface area (Å²) in [5.41, 5.74) is 1.56. The highest BCUT2D eigenvalue weighted by Crippen LogP contribution is 2.32. The summed E-state index contributed by atoms with van der Waals surface area (Å²) < 4.78 is 0. The number of halogens is 2. The zero-order valence-corrected chi connectivity index (χ0v) is 10.4. The summed E-state index contributed by atoms with van der Waals surface area (Å²) in [5.74, 6) is -1.05. The Morgan fingerprint density at radius 1 is 1.06 bits per heavy atom. The molecular formula is C12H6Cl2N2O2. The molecule has 0 fully saturated rings. The normalized spacial score (nSPS) is 15.7. The van der Waals surface area contributed by atoms with Crippen LogP contribution in [0.5, 0.6) is 0 Å². The number of aromatic amines is 1. The summed E-state index contributed by atoms with van der Waals surface area (Å²) in [4.78, 5) is 26.0. The van der Waals surface area contributed by atoms with Crippen LogP contribution in [-0.4, -0.2) is 16.8 Å². The van der Waals surface area contributed by atoms with E-state index < -0.39 is 11.8 Å². The summed E-state index contributed by atoms with van der Waals surface area (Å²) >= 11 is 11.7. The van der Waals surface area contributed by atoms with E-state index in [-0.39, 0.29) is 10.6 Å². The number of benzene rings is 1. The third-order valence-corrected chi connectivity index (χ3v) is 3.38. The van der Waals surface area contributed by atoms with Crippen molar-refractivity contribution in [2.24, 2.45) is 0 Å². The van der Waals surface area contributed by atoms with Crippen LogP contribution in [0.1, 0.15) is 5.56 Å². The van der Waals surface area contributed by atoms with Gasteiger partial charge in [-0.15, -0.1) is 0 Å². The number of H-pyrrole nitrogens is 1. The Kier molecular flexibility index (Phi) is 2.43. The molecule has 1 aromatic heterocycles. The van der Waals surface area contributed by atoms with E-state index in [4.69, 9.17) is 23.2 Å². The minimum Gasteiger partial charge on any atom is -0.360 e. The predicted octanol–water partition coefficient (Wildman–Crippen LogP) is 2.43. The lowest BCUT2D eigenvalue weighted by atomic mass is 10.1. The van der Waals surface area contributed by atoms with Crippen molar-refractivity contribution >= 4 is 51.5 Å². The first kappa shape index (κ1) is 11.3. The maximum absolute atomic E-state index is 11.7. The molecule has 1 aliphatic rings. The lowest BCUT2D eigenvalue weighted by Crippen LogP contribution is -2.22. The molecule has 1 aliphatic heterocycles. The van der Waals surface area contributed by atoms with Gasteiger partial charge in [0.15, 0.2) is 0 Å². The van der Waals surface area contributed by atoms with Crippen LogP contribution in [0.15, 0.2) is 29.4 Å². The highest BCUT2D eigenvalue weighted by atomic mass is 35.5. The lowest BCUT2D eigenvalue weighted by Gasteiger charge is -1.98. The summed E-state index contributed by atoms with van der Waals surface area (Å²) in [5, 5.41) is 3.45. The van der Waals surface area contributed by atoms with Crippen molar-refractivity contribution in [3.8, 4) is 0 Å². The molecule has 1 aromatic carbocycles. The fraction of sp³-hybridized carbons (Fsp3) is 0. The summed E-state index contributed by atoms with van der Waals surface area (Å²) in [7, 11) is 0. The number of nitrogens with one attached hydrogen (secondary N) is 2. The van der Waals surface area contributed by atoms with Gasteiger partial charge in [0, 0.05) is 27.7 Å². The van der Waals surface area contributed by atoms with Gasteiger partial charge in [-0.1, -0.05) is 29.3 Å². The van der Waals surface area contributed by atoms with Crippen LogP contribution < -0.4 is 5.32 Å². The Labute approximate surface area is 112 Å². The standard InChI is InChI=1S/C12H6Cl2N2O2/c13-5-1-2-6-7(4-15-8(6)3-5)9-10(14)12(18)16-11(9)17/h1-4,15H,(H,16,17,18). The van der Waals surface area contributed by atoms with Gasteiger partial charge in [0.05, 0.1) is 5.57 Å². The zero-order valence-electron chi connectivity index (χ0n) is 8.88. The molecule has 18 heavy (non-hydrogen) atoms. The van der Waals surface area contributed by atoms with Gasteiger partial charge < -0.3 is 4.98 Å². The number of aromatic nitrogens is 1. The van der Waals surface area contributed by atoms with Gasteiger partial charge in [0.25, 0.3) is 11.8 Å². The van der Waals surface area contributed by atoms with Crippen LogP contribution in [0.2, 0.25) is 5.02 Å². The van der Waals surface area contributed by atoms with Crippen LogP contribution in [-0.2, 0) is 9.59 Å². The maximum Gasteiger partial charge on any atom is 0.270 e. The zero-order chi connectivity index (χ0) is 12.9. The van der Waals surface area contributed by atoms with E-state index in [0.29, 0.717) is 10.6 Å². The topological polar surface area (TPSA) is 62.0 Å². The average Bonchev–Trinajstić information content (AvgIpc) is 2.81. The second-order valence-corrected chi connectivity index (χ2v) is 4.68. The Bertz CT molecular complexity index is 731. The van der Waals surface area contributed by atoms with Crippen LogP contribution in [0.4, 0.5) is 0 Å². The van der Waals surface area contributed by atoms with E-state index in [1.807, 2.05) is 0 Å². The second-order valence-electron chi connectivity index (χ2n) is 3.86. The summed E-state index contributed by atoms with van der Waals surface area (Å²) in [6.07, 6.45) is 1.64. The molecule has 0 spiro atoms. The molecule has 3 rings (SSSR count). The summed E-state index contributed by atoms with van der Waals surface area (Å²) in [6, 6.07) is 5.23. The van der Waals surface area contributed by atoms with E-state index in [1.165, 1.54) is 0 Å². The number of imide groups is 1. The Morgan fingerprint density at radius 2 is 1.83 bits per heavy atom. The fourth-order valence-corrected chi connectivity index (χ4v) is 2.39. The highest BCUT2D eigenvalue weighted by molar-refractivity contribution is 6.55. The molecule has 90 valence electrons. The van der Waals surface area contributed by atoms with E-state index in [0.717, 1.165) is 10.9 Å². The smallest absolute Gasteiger partial charge is 0.270 e. The van der Waals surface area contributed by atoms with Crippen molar-refractivity contribution in [1.29, 1.82) is 0 Å². The molecule has 0 saturated carbocycles. The van der Waals surface area contributed by atoms with Crippen molar-refractivity contribution in [2.75, 3.05) is 0 Å². The van der Waals surface area contributed by atoms with Gasteiger partial charge in [-0.2, -0.15) is 0 Å². The van der Waals surface area contributed by atoms with Crippen LogP contribution in [0, 0.1) is 0 Å². The number of fused-ring (bicyclic) bond motifs is 1. The average molecular weight is 281 g/mol. The summed E-state index contributed by atoms with van der Waals surface area (Å²) in [6.45, 7) is 0. The van der Waals surface area contributed by atoms with Crippen LogP contribution >= 0.6 is 23.2 Å². The number of carbonyl (C=O) groups excluding carboxylic acids is 2. The highest BCUT2D eigenvalue weighted by Gasteiger charge is 2.31. The number of amides is 2. The maximum atomic E-state index is 11.7. The van der Waals surface area contributed by atoms with Gasteiger partial charge in [-0.3, -0.25) is 14.9 Å². The SMILES string of the molecule is O=C1NC(=O)C(c2c[nH]c3cc(Cl)ccc23)=C1Cl. The van der Waals surface area contributed by atoms with Crippen molar-refractivity contribution in [2.45, 2.75) is 0 Å². The second kappa shape index (κ2) is 3.86. The van der Waals surface area contributed by atoms with Gasteiger partial charge >= 0.3 is 0 Å².